The van der Waals surface area contributed by atoms with Crippen molar-refractivity contribution < 1.29 is 19.1 Å². The largest absolute Gasteiger partial charge is 0.444 e. The van der Waals surface area contributed by atoms with E-state index in [9.17, 15) is 14.4 Å². The Morgan fingerprint density at radius 2 is 1.97 bits per heavy atom. The number of ether oxygens (including phenoxy) is 2. The first kappa shape index (κ1) is 25.2. The first-order valence-electron chi connectivity index (χ1n) is 11.1. The molecule has 1 aromatic carbocycles. The monoisotopic (exact) mass is 520 g/mol. The maximum atomic E-state index is 13.6. The number of hydrogen-bond donors (Lipinski definition) is 1. The smallest absolute Gasteiger partial charge is 0.410 e. The Morgan fingerprint density at radius 1 is 1.20 bits per heavy atom. The molecule has 1 aromatic heterocycles. The van der Waals surface area contributed by atoms with Crippen molar-refractivity contribution >= 4 is 40.9 Å². The van der Waals surface area contributed by atoms with Gasteiger partial charge in [0.25, 0.3) is 5.56 Å². The SMILES string of the molecule is CC(C)(C)OC(=O)N1CCOC(c2ccc(Cl)c(Cl)c2)C(n2cccc(C3=NNC(=O)C3)c2=O)C1. The van der Waals surface area contributed by atoms with Crippen LogP contribution >= 0.6 is 23.2 Å². The van der Waals surface area contributed by atoms with Crippen LogP contribution in [0.3, 0.4) is 0 Å². The van der Waals surface area contributed by atoms with Gasteiger partial charge in [-0.05, 0) is 50.6 Å². The van der Waals surface area contributed by atoms with Crippen LogP contribution in [0.1, 0.15) is 50.5 Å². The van der Waals surface area contributed by atoms with Gasteiger partial charge in [-0.3, -0.25) is 9.59 Å². The molecule has 2 amide bonds. The Kier molecular flexibility index (Phi) is 7.21. The quantitative estimate of drug-likeness (QED) is 0.660. The summed E-state index contributed by atoms with van der Waals surface area (Å²) in [6, 6.07) is 7.85. The summed E-state index contributed by atoms with van der Waals surface area (Å²) in [7, 11) is 0. The maximum absolute atomic E-state index is 13.6. The lowest BCUT2D eigenvalue weighted by atomic mass is 10.0. The maximum Gasteiger partial charge on any atom is 0.410 e. The van der Waals surface area contributed by atoms with Gasteiger partial charge < -0.3 is 18.9 Å². The Bertz CT molecular complexity index is 1240. The molecule has 9 nitrogen and oxygen atoms in total. The molecule has 11 heteroatoms. The zero-order valence-corrected chi connectivity index (χ0v) is 21.1. The average Bonchev–Trinajstić information content (AvgIpc) is 3.08. The zero-order chi connectivity index (χ0) is 25.3. The van der Waals surface area contributed by atoms with Crippen molar-refractivity contribution in [3.05, 3.63) is 68.1 Å². The fraction of sp³-hybridized carbons (Fsp3) is 0.417. The normalized spacial score (nSPS) is 20.8. The summed E-state index contributed by atoms with van der Waals surface area (Å²) in [6.45, 7) is 6.03. The first-order chi connectivity index (χ1) is 16.5. The van der Waals surface area contributed by atoms with E-state index < -0.39 is 23.8 Å². The number of hydrazone groups is 1. The summed E-state index contributed by atoms with van der Waals surface area (Å²) in [5, 5.41) is 4.74. The van der Waals surface area contributed by atoms with Gasteiger partial charge in [-0.2, -0.15) is 5.10 Å². The van der Waals surface area contributed by atoms with Gasteiger partial charge in [-0.1, -0.05) is 29.3 Å². The summed E-state index contributed by atoms with van der Waals surface area (Å²) in [6.07, 6.45) is 0.532. The number of nitrogens with zero attached hydrogens (tertiary/aromatic N) is 3. The molecule has 0 bridgehead atoms. The molecule has 2 unspecified atom stereocenters. The summed E-state index contributed by atoms with van der Waals surface area (Å²) < 4.78 is 13.3. The molecule has 3 heterocycles. The molecule has 1 fully saturated rings. The molecule has 0 spiro atoms. The van der Waals surface area contributed by atoms with Crippen LogP contribution in [-0.4, -0.2) is 52.5 Å². The fourth-order valence-corrected chi connectivity index (χ4v) is 4.36. The molecule has 2 aliphatic rings. The van der Waals surface area contributed by atoms with Gasteiger partial charge in [0, 0.05) is 19.3 Å². The van der Waals surface area contributed by atoms with Gasteiger partial charge in [0.1, 0.15) is 11.7 Å². The third kappa shape index (κ3) is 5.69. The summed E-state index contributed by atoms with van der Waals surface area (Å²) in [5.74, 6) is -0.280. The molecular weight excluding hydrogens is 495 g/mol. The number of carbonyl (C=O) groups is 2. The predicted octanol–water partition coefficient (Wildman–Crippen LogP) is 3.93. The number of benzene rings is 1. The van der Waals surface area contributed by atoms with Crippen LogP contribution in [0.15, 0.2) is 46.4 Å². The third-order valence-corrected chi connectivity index (χ3v) is 6.36. The molecule has 4 rings (SSSR count). The number of pyridine rings is 1. The molecule has 0 saturated carbocycles. The lowest BCUT2D eigenvalue weighted by molar-refractivity contribution is -0.119. The van der Waals surface area contributed by atoms with Crippen molar-refractivity contribution in [2.45, 2.75) is 44.9 Å². The van der Waals surface area contributed by atoms with Crippen LogP contribution in [0.2, 0.25) is 10.0 Å². The number of nitrogens with one attached hydrogen (secondary N) is 1. The second kappa shape index (κ2) is 10.0. The van der Waals surface area contributed by atoms with Gasteiger partial charge in [0.05, 0.1) is 40.4 Å². The molecule has 2 aliphatic heterocycles. The number of hydrogen-bond acceptors (Lipinski definition) is 6. The van der Waals surface area contributed by atoms with Gasteiger partial charge in [-0.15, -0.1) is 0 Å². The topological polar surface area (TPSA) is 102 Å². The number of amides is 2. The highest BCUT2D eigenvalue weighted by atomic mass is 35.5. The Morgan fingerprint density at radius 3 is 2.63 bits per heavy atom. The third-order valence-electron chi connectivity index (χ3n) is 5.63. The molecule has 1 saturated heterocycles. The van der Waals surface area contributed by atoms with E-state index in [1.165, 1.54) is 9.47 Å². The van der Waals surface area contributed by atoms with E-state index in [1.807, 2.05) is 0 Å². The Labute approximate surface area is 212 Å². The summed E-state index contributed by atoms with van der Waals surface area (Å²) in [5.41, 5.74) is 2.71. The molecule has 1 N–H and O–H groups in total. The van der Waals surface area contributed by atoms with E-state index >= 15 is 0 Å². The second-order valence-corrected chi connectivity index (χ2v) is 10.2. The van der Waals surface area contributed by atoms with Gasteiger partial charge in [0.15, 0.2) is 0 Å². The average molecular weight is 521 g/mol. The van der Waals surface area contributed by atoms with E-state index in [4.69, 9.17) is 32.7 Å². The van der Waals surface area contributed by atoms with E-state index in [0.29, 0.717) is 26.9 Å². The molecule has 0 radical (unpaired) electrons. The zero-order valence-electron chi connectivity index (χ0n) is 19.6. The number of halogens is 2. The fourth-order valence-electron chi connectivity index (χ4n) is 4.05. The van der Waals surface area contributed by atoms with Gasteiger partial charge in [-0.25, -0.2) is 10.2 Å². The second-order valence-electron chi connectivity index (χ2n) is 9.36. The lowest BCUT2D eigenvalue weighted by Gasteiger charge is -2.31. The number of carbonyl (C=O) groups excluding carboxylic acids is 2. The van der Waals surface area contributed by atoms with Crippen LogP contribution in [0.25, 0.3) is 0 Å². The molecule has 0 aliphatic carbocycles. The minimum atomic E-state index is -0.681. The van der Waals surface area contributed by atoms with E-state index in [1.54, 1.807) is 57.3 Å². The van der Waals surface area contributed by atoms with Crippen LogP contribution in [0.5, 0.6) is 0 Å². The lowest BCUT2D eigenvalue weighted by Crippen LogP contribution is -2.42. The Balaban J connectivity index is 1.77. The van der Waals surface area contributed by atoms with Crippen molar-refractivity contribution in [3.63, 3.8) is 0 Å². The van der Waals surface area contributed by atoms with E-state index in [0.717, 1.165) is 0 Å². The molecule has 2 atom stereocenters. The highest BCUT2D eigenvalue weighted by Crippen LogP contribution is 2.35. The van der Waals surface area contributed by atoms with Crippen molar-refractivity contribution in [1.82, 2.24) is 14.9 Å². The van der Waals surface area contributed by atoms with Crippen molar-refractivity contribution in [2.24, 2.45) is 5.10 Å². The van der Waals surface area contributed by atoms with Crippen LogP contribution in [-0.2, 0) is 14.3 Å². The molecule has 35 heavy (non-hydrogen) atoms. The van der Waals surface area contributed by atoms with E-state index in [2.05, 4.69) is 10.5 Å². The van der Waals surface area contributed by atoms with Gasteiger partial charge in [0.2, 0.25) is 5.91 Å². The van der Waals surface area contributed by atoms with Crippen molar-refractivity contribution in [3.8, 4) is 0 Å². The molecule has 186 valence electrons. The number of aromatic nitrogens is 1. The highest BCUT2D eigenvalue weighted by Gasteiger charge is 2.35. The van der Waals surface area contributed by atoms with Crippen molar-refractivity contribution in [1.29, 1.82) is 0 Å². The molecule has 2 aromatic rings. The van der Waals surface area contributed by atoms with Crippen molar-refractivity contribution in [2.75, 3.05) is 19.7 Å². The van der Waals surface area contributed by atoms with Gasteiger partial charge >= 0.3 is 6.09 Å². The van der Waals surface area contributed by atoms with Crippen LogP contribution < -0.4 is 11.0 Å². The minimum Gasteiger partial charge on any atom is -0.444 e. The standard InChI is InChI=1S/C24H26Cl2N4O5/c1-24(2,3)35-23(33)29-9-10-34-21(14-6-7-16(25)17(26)11-14)19(13-29)30-8-4-5-15(22(30)32)18-12-20(31)28-27-18/h4-8,11,19,21H,9-10,12-13H2,1-3H3,(H,28,31). The first-order valence-corrected chi connectivity index (χ1v) is 11.9. The van der Waals surface area contributed by atoms with Crippen LogP contribution in [0, 0.1) is 0 Å². The Hall–Kier alpha value is -2.88. The summed E-state index contributed by atoms with van der Waals surface area (Å²) in [4.78, 5) is 39.7. The highest BCUT2D eigenvalue weighted by molar-refractivity contribution is 6.42. The minimum absolute atomic E-state index is 0.0146. The molecular formula is C24H26Cl2N4O5. The van der Waals surface area contributed by atoms with Crippen LogP contribution in [0.4, 0.5) is 4.79 Å². The summed E-state index contributed by atoms with van der Waals surface area (Å²) >= 11 is 12.4. The number of rotatable bonds is 3. The predicted molar refractivity (Wildman–Crippen MR) is 132 cm³/mol. The van der Waals surface area contributed by atoms with E-state index in [-0.39, 0.29) is 37.6 Å².